The lowest BCUT2D eigenvalue weighted by Gasteiger charge is -2.38. The Morgan fingerprint density at radius 2 is 0.952 bits per heavy atom. The molecule has 0 bridgehead atoms. The quantitative estimate of drug-likeness (QED) is 0.0261. The molecule has 4 N–H and O–H groups in total. The smallest absolute Gasteiger partial charge is 0.335 e. The Balaban J connectivity index is 2.30. The zero-order chi connectivity index (χ0) is 45.3. The molecule has 6 unspecified atom stereocenters. The van der Waals surface area contributed by atoms with Gasteiger partial charge in [0.05, 0.1) is 6.61 Å². The molecule has 0 amide bonds. The Labute approximate surface area is 376 Å². The van der Waals surface area contributed by atoms with Crippen molar-refractivity contribution in [3.05, 3.63) is 36.5 Å². The lowest BCUT2D eigenvalue weighted by atomic mass is 9.99. The third-order valence-corrected chi connectivity index (χ3v) is 11.5. The van der Waals surface area contributed by atoms with Crippen LogP contribution in [0.3, 0.4) is 0 Å². The van der Waals surface area contributed by atoms with Crippen molar-refractivity contribution in [2.75, 3.05) is 13.2 Å². The van der Waals surface area contributed by atoms with Gasteiger partial charge in [-0.3, -0.25) is 9.59 Å². The first-order valence-electron chi connectivity index (χ1n) is 25.0. The number of carbonyl (C=O) groups is 3. The van der Waals surface area contributed by atoms with Crippen molar-refractivity contribution in [1.29, 1.82) is 0 Å². The molecule has 1 fully saturated rings. The number of esters is 2. The molecule has 1 aliphatic heterocycles. The summed E-state index contributed by atoms with van der Waals surface area (Å²) < 4.78 is 21.8. The fourth-order valence-electron chi connectivity index (χ4n) is 7.60. The third-order valence-electron chi connectivity index (χ3n) is 11.5. The highest BCUT2D eigenvalue weighted by Gasteiger charge is 2.47. The van der Waals surface area contributed by atoms with Crippen molar-refractivity contribution in [3.8, 4) is 0 Å². The number of aliphatic hydroxyl groups excluding tert-OH is 3. The number of carboxylic acids is 1. The molecule has 1 heterocycles. The lowest BCUT2D eigenvalue weighted by molar-refractivity contribution is -0.298. The van der Waals surface area contributed by atoms with Crippen molar-refractivity contribution in [3.63, 3.8) is 0 Å². The Morgan fingerprint density at radius 3 is 1.44 bits per heavy atom. The predicted molar refractivity (Wildman–Crippen MR) is 248 cm³/mol. The number of unbranched alkanes of at least 4 members (excludes halogenated alkanes) is 25. The van der Waals surface area contributed by atoms with E-state index in [1.54, 1.807) is 0 Å². The van der Waals surface area contributed by atoms with Crippen LogP contribution in [-0.2, 0) is 33.3 Å². The Kier molecular flexibility index (Phi) is 38.1. The van der Waals surface area contributed by atoms with Gasteiger partial charge in [-0.25, -0.2) is 4.79 Å². The van der Waals surface area contributed by atoms with Gasteiger partial charge in [0.25, 0.3) is 0 Å². The molecule has 1 saturated heterocycles. The number of ether oxygens (including phenoxy) is 4. The van der Waals surface area contributed by atoms with Crippen molar-refractivity contribution >= 4 is 17.9 Å². The van der Waals surface area contributed by atoms with Crippen LogP contribution in [0, 0.1) is 0 Å². The van der Waals surface area contributed by atoms with Crippen LogP contribution in [-0.4, -0.2) is 88.4 Å². The third kappa shape index (κ3) is 32.1. The van der Waals surface area contributed by atoms with Gasteiger partial charge in [0, 0.05) is 12.8 Å². The number of hydrogen-bond donors (Lipinski definition) is 4. The summed E-state index contributed by atoms with van der Waals surface area (Å²) in [6.45, 7) is 3.71. The molecule has 0 spiro atoms. The number of allylic oxidation sites excluding steroid dienone is 6. The van der Waals surface area contributed by atoms with Gasteiger partial charge in [-0.2, -0.15) is 0 Å². The van der Waals surface area contributed by atoms with E-state index < -0.39 is 61.3 Å². The molecule has 0 radical (unpaired) electrons. The molecule has 6 atom stereocenters. The monoisotopic (exact) mass is 879 g/mol. The zero-order valence-corrected chi connectivity index (χ0v) is 39.1. The van der Waals surface area contributed by atoms with E-state index in [-0.39, 0.29) is 19.4 Å². The minimum absolute atomic E-state index is 0.182. The van der Waals surface area contributed by atoms with Gasteiger partial charge >= 0.3 is 17.9 Å². The maximum Gasteiger partial charge on any atom is 0.335 e. The minimum atomic E-state index is -1.86. The fourth-order valence-corrected chi connectivity index (χ4v) is 7.60. The molecular weight excluding hydrogens is 789 g/mol. The van der Waals surface area contributed by atoms with Gasteiger partial charge in [0.15, 0.2) is 18.5 Å². The van der Waals surface area contributed by atoms with Crippen LogP contribution < -0.4 is 0 Å². The molecular formula is C51H90O11. The van der Waals surface area contributed by atoms with Gasteiger partial charge in [0.2, 0.25) is 0 Å². The van der Waals surface area contributed by atoms with E-state index in [0.717, 1.165) is 70.6 Å². The van der Waals surface area contributed by atoms with E-state index in [2.05, 4.69) is 50.3 Å². The number of rotatable bonds is 42. The average molecular weight is 879 g/mol. The summed E-state index contributed by atoms with van der Waals surface area (Å²) in [7, 11) is 0. The second-order valence-electron chi connectivity index (χ2n) is 17.3. The van der Waals surface area contributed by atoms with Gasteiger partial charge in [0.1, 0.15) is 24.9 Å². The SMILES string of the molecule is CC/C=C\C/C=C\C/C=C\CCCCCCCC(=O)OCC(COC1OC(C(=O)O)C(O)C(O)C1O)OC(=O)CCCCCCCCCCCCCCCCCCCCCCC. The van der Waals surface area contributed by atoms with E-state index >= 15 is 0 Å². The normalized spacial score (nSPS) is 19.8. The second kappa shape index (κ2) is 41.2. The predicted octanol–water partition coefficient (Wildman–Crippen LogP) is 11.5. The largest absolute Gasteiger partial charge is 0.479 e. The zero-order valence-electron chi connectivity index (χ0n) is 39.1. The summed E-state index contributed by atoms with van der Waals surface area (Å²) in [5.41, 5.74) is 0. The second-order valence-corrected chi connectivity index (χ2v) is 17.3. The molecule has 1 aliphatic rings. The number of aliphatic carboxylic acids is 1. The number of carboxylic acid groups (broad SMARTS) is 1. The molecule has 1 rings (SSSR count). The fraction of sp³-hybridized carbons (Fsp3) is 0.824. The van der Waals surface area contributed by atoms with Crippen molar-refractivity contribution in [1.82, 2.24) is 0 Å². The first-order chi connectivity index (χ1) is 30.2. The van der Waals surface area contributed by atoms with Crippen LogP contribution in [0.25, 0.3) is 0 Å². The summed E-state index contributed by atoms with van der Waals surface area (Å²) in [6.07, 6.45) is 39.1. The number of aliphatic hydroxyl groups is 3. The van der Waals surface area contributed by atoms with Crippen LogP contribution in [0.1, 0.15) is 219 Å². The highest BCUT2D eigenvalue weighted by atomic mass is 16.7. The highest BCUT2D eigenvalue weighted by molar-refractivity contribution is 5.73. The molecule has 62 heavy (non-hydrogen) atoms. The molecule has 360 valence electrons. The molecule has 0 aromatic carbocycles. The van der Waals surface area contributed by atoms with Gasteiger partial charge in [-0.1, -0.05) is 198 Å². The Bertz CT molecular complexity index is 1170. The molecule has 0 aromatic heterocycles. The van der Waals surface area contributed by atoms with Crippen LogP contribution in [0.4, 0.5) is 0 Å². The first kappa shape index (κ1) is 57.4. The van der Waals surface area contributed by atoms with Crippen LogP contribution >= 0.6 is 0 Å². The van der Waals surface area contributed by atoms with Gasteiger partial charge in [-0.05, 0) is 44.9 Å². The molecule has 0 aromatic rings. The van der Waals surface area contributed by atoms with Crippen LogP contribution in [0.5, 0.6) is 0 Å². The van der Waals surface area contributed by atoms with Crippen LogP contribution in [0.15, 0.2) is 36.5 Å². The minimum Gasteiger partial charge on any atom is -0.479 e. The van der Waals surface area contributed by atoms with Gasteiger partial charge in [-0.15, -0.1) is 0 Å². The number of carbonyl (C=O) groups excluding carboxylic acids is 2. The van der Waals surface area contributed by atoms with Crippen molar-refractivity contribution in [2.24, 2.45) is 0 Å². The highest BCUT2D eigenvalue weighted by Crippen LogP contribution is 2.23. The summed E-state index contributed by atoms with van der Waals surface area (Å²) in [5.74, 6) is -2.46. The Morgan fingerprint density at radius 1 is 0.516 bits per heavy atom. The molecule has 0 saturated carbocycles. The maximum atomic E-state index is 12.8. The Hall–Kier alpha value is -2.57. The molecule has 11 nitrogen and oxygen atoms in total. The standard InChI is InChI=1S/C51H90O11/c1-3-5-7-9-11-13-15-17-19-20-21-22-23-24-26-28-30-32-34-36-38-40-45(53)61-43(42-60-51-48(56)46(54)47(55)49(62-51)50(57)58)41-59-44(52)39-37-35-33-31-29-27-25-18-16-14-12-10-8-6-4-2/h6,8,12,14,18,25,43,46-49,51,54-56H,3-5,7,9-11,13,15-17,19-24,26-42H2,1-2H3,(H,57,58)/b8-6-,14-12-,25-18-. The van der Waals surface area contributed by atoms with E-state index in [4.69, 9.17) is 18.9 Å². The number of hydrogen-bond acceptors (Lipinski definition) is 10. The average Bonchev–Trinajstić information content (AvgIpc) is 3.26. The van der Waals surface area contributed by atoms with E-state index in [0.29, 0.717) is 12.8 Å². The topological polar surface area (TPSA) is 169 Å². The van der Waals surface area contributed by atoms with E-state index in [1.165, 1.54) is 109 Å². The molecule has 11 heteroatoms. The summed E-state index contributed by atoms with van der Waals surface area (Å²) in [6, 6.07) is 0. The van der Waals surface area contributed by atoms with E-state index in [1.807, 2.05) is 0 Å². The summed E-state index contributed by atoms with van der Waals surface area (Å²) in [4.78, 5) is 36.9. The lowest BCUT2D eigenvalue weighted by Crippen LogP contribution is -2.60. The van der Waals surface area contributed by atoms with Crippen LogP contribution in [0.2, 0.25) is 0 Å². The summed E-state index contributed by atoms with van der Waals surface area (Å²) in [5, 5.41) is 39.9. The maximum absolute atomic E-state index is 12.8. The van der Waals surface area contributed by atoms with Gasteiger partial charge < -0.3 is 39.4 Å². The van der Waals surface area contributed by atoms with E-state index in [9.17, 15) is 34.8 Å². The summed E-state index contributed by atoms with van der Waals surface area (Å²) >= 11 is 0. The van der Waals surface area contributed by atoms with Crippen molar-refractivity contribution < 1.29 is 53.8 Å². The first-order valence-corrected chi connectivity index (χ1v) is 25.0. The molecule has 0 aliphatic carbocycles. The van der Waals surface area contributed by atoms with Crippen molar-refractivity contribution in [2.45, 2.75) is 256 Å².